The van der Waals surface area contributed by atoms with E-state index in [-0.39, 0.29) is 0 Å². The number of alkyl halides is 1. The summed E-state index contributed by atoms with van der Waals surface area (Å²) in [4.78, 5) is 0. The van der Waals surface area contributed by atoms with Crippen LogP contribution in [-0.2, 0) is 13.0 Å². The quantitative estimate of drug-likeness (QED) is 0.762. The normalized spacial score (nSPS) is 10.6. The molecule has 1 aromatic carbocycles. The SMILES string of the molecule is Cc1cccc(Cn2cc(CCCl)nn2)c1. The summed E-state index contributed by atoms with van der Waals surface area (Å²) in [5.74, 6) is 0.586. The van der Waals surface area contributed by atoms with Crippen LogP contribution < -0.4 is 0 Å². The van der Waals surface area contributed by atoms with Crippen molar-refractivity contribution in [2.45, 2.75) is 19.9 Å². The lowest BCUT2D eigenvalue weighted by molar-refractivity contribution is 0.649. The number of nitrogens with zero attached hydrogens (tertiary/aromatic N) is 3. The van der Waals surface area contributed by atoms with Gasteiger partial charge < -0.3 is 0 Å². The highest BCUT2D eigenvalue weighted by Crippen LogP contribution is 2.06. The molecule has 0 aliphatic rings. The lowest BCUT2D eigenvalue weighted by Gasteiger charge is -2.01. The molecule has 0 saturated carbocycles. The molecule has 0 saturated heterocycles. The molecular formula is C12H14ClN3. The van der Waals surface area contributed by atoms with Gasteiger partial charge in [-0.25, -0.2) is 4.68 Å². The van der Waals surface area contributed by atoms with Gasteiger partial charge in [-0.15, -0.1) is 16.7 Å². The van der Waals surface area contributed by atoms with Gasteiger partial charge in [0.2, 0.25) is 0 Å². The van der Waals surface area contributed by atoms with Gasteiger partial charge in [-0.1, -0.05) is 35.0 Å². The number of hydrogen-bond acceptors (Lipinski definition) is 2. The van der Waals surface area contributed by atoms with Crippen molar-refractivity contribution in [1.82, 2.24) is 15.0 Å². The van der Waals surface area contributed by atoms with E-state index < -0.39 is 0 Å². The Bertz CT molecular complexity index is 465. The highest BCUT2D eigenvalue weighted by Gasteiger charge is 2.01. The summed E-state index contributed by atoms with van der Waals surface area (Å²) in [6.45, 7) is 2.85. The molecule has 0 aliphatic carbocycles. The lowest BCUT2D eigenvalue weighted by atomic mass is 10.1. The number of rotatable bonds is 4. The molecule has 84 valence electrons. The van der Waals surface area contributed by atoms with Crippen LogP contribution in [0.15, 0.2) is 30.5 Å². The number of aryl methyl sites for hydroxylation is 2. The summed E-state index contributed by atoms with van der Waals surface area (Å²) in [6, 6.07) is 8.39. The zero-order chi connectivity index (χ0) is 11.4. The lowest BCUT2D eigenvalue weighted by Crippen LogP contribution is -2.00. The molecule has 0 atom stereocenters. The van der Waals surface area contributed by atoms with Gasteiger partial charge in [0.15, 0.2) is 0 Å². The number of hydrogen-bond donors (Lipinski definition) is 0. The standard InChI is InChI=1S/C12H14ClN3/c1-10-3-2-4-11(7-10)8-16-9-12(5-6-13)14-15-16/h2-4,7,9H,5-6,8H2,1H3. The van der Waals surface area contributed by atoms with Gasteiger partial charge in [-0.05, 0) is 12.5 Å². The molecule has 4 heteroatoms. The van der Waals surface area contributed by atoms with Gasteiger partial charge in [-0.3, -0.25) is 0 Å². The Kier molecular flexibility index (Phi) is 3.57. The van der Waals surface area contributed by atoms with Crippen LogP contribution in [0.4, 0.5) is 0 Å². The molecule has 0 amide bonds. The molecule has 0 N–H and O–H groups in total. The van der Waals surface area contributed by atoms with E-state index in [4.69, 9.17) is 11.6 Å². The molecule has 0 aliphatic heterocycles. The summed E-state index contributed by atoms with van der Waals surface area (Å²) in [5, 5.41) is 8.12. The van der Waals surface area contributed by atoms with Gasteiger partial charge >= 0.3 is 0 Å². The number of halogens is 1. The van der Waals surface area contributed by atoms with Crippen LogP contribution in [0.2, 0.25) is 0 Å². The first-order valence-corrected chi connectivity index (χ1v) is 5.82. The maximum atomic E-state index is 5.65. The van der Waals surface area contributed by atoms with E-state index in [1.54, 1.807) is 0 Å². The van der Waals surface area contributed by atoms with Crippen molar-refractivity contribution in [3.8, 4) is 0 Å². The maximum absolute atomic E-state index is 5.65. The fourth-order valence-corrected chi connectivity index (χ4v) is 1.82. The predicted molar refractivity (Wildman–Crippen MR) is 64.7 cm³/mol. The summed E-state index contributed by atoms with van der Waals surface area (Å²) in [7, 11) is 0. The second-order valence-electron chi connectivity index (χ2n) is 3.84. The maximum Gasteiger partial charge on any atom is 0.0839 e. The van der Waals surface area contributed by atoms with Gasteiger partial charge in [-0.2, -0.15) is 0 Å². The van der Waals surface area contributed by atoms with Crippen LogP contribution in [0.25, 0.3) is 0 Å². The summed E-state index contributed by atoms with van der Waals surface area (Å²) >= 11 is 5.65. The monoisotopic (exact) mass is 235 g/mol. The van der Waals surface area contributed by atoms with Gasteiger partial charge in [0, 0.05) is 18.5 Å². The smallest absolute Gasteiger partial charge is 0.0839 e. The number of aromatic nitrogens is 3. The van der Waals surface area contributed by atoms with E-state index in [1.807, 2.05) is 10.9 Å². The third kappa shape index (κ3) is 2.83. The van der Waals surface area contributed by atoms with Crippen molar-refractivity contribution in [2.24, 2.45) is 0 Å². The van der Waals surface area contributed by atoms with E-state index >= 15 is 0 Å². The van der Waals surface area contributed by atoms with E-state index in [1.165, 1.54) is 11.1 Å². The summed E-state index contributed by atoms with van der Waals surface area (Å²) in [5.41, 5.74) is 3.45. The van der Waals surface area contributed by atoms with Gasteiger partial charge in [0.1, 0.15) is 0 Å². The summed E-state index contributed by atoms with van der Waals surface area (Å²) in [6.07, 6.45) is 2.72. The first-order chi connectivity index (χ1) is 7.78. The second-order valence-corrected chi connectivity index (χ2v) is 4.21. The van der Waals surface area contributed by atoms with Crippen LogP contribution in [0, 0.1) is 6.92 Å². The van der Waals surface area contributed by atoms with Gasteiger partial charge in [0.25, 0.3) is 0 Å². The minimum atomic E-state index is 0.586. The zero-order valence-corrected chi connectivity index (χ0v) is 9.98. The average Bonchev–Trinajstić information content (AvgIpc) is 2.66. The Morgan fingerprint density at radius 2 is 2.25 bits per heavy atom. The van der Waals surface area contributed by atoms with Crippen LogP contribution in [0.3, 0.4) is 0 Å². The van der Waals surface area contributed by atoms with Crippen LogP contribution in [0.5, 0.6) is 0 Å². The fourth-order valence-electron chi connectivity index (χ4n) is 1.62. The molecular weight excluding hydrogens is 222 g/mol. The molecule has 0 bridgehead atoms. The molecule has 2 aromatic rings. The highest BCUT2D eigenvalue weighted by atomic mass is 35.5. The Labute approximate surface area is 100 Å². The molecule has 1 heterocycles. The van der Waals surface area contributed by atoms with Gasteiger partial charge in [0.05, 0.1) is 12.2 Å². The Balaban J connectivity index is 2.08. The first-order valence-electron chi connectivity index (χ1n) is 5.28. The van der Waals surface area contributed by atoms with E-state index in [9.17, 15) is 0 Å². The second kappa shape index (κ2) is 5.12. The van der Waals surface area contributed by atoms with E-state index in [0.29, 0.717) is 5.88 Å². The average molecular weight is 236 g/mol. The third-order valence-corrected chi connectivity index (χ3v) is 2.55. The molecule has 1 aromatic heterocycles. The van der Waals surface area contributed by atoms with Crippen molar-refractivity contribution in [1.29, 1.82) is 0 Å². The van der Waals surface area contributed by atoms with Crippen molar-refractivity contribution in [3.63, 3.8) is 0 Å². The zero-order valence-electron chi connectivity index (χ0n) is 9.23. The van der Waals surface area contributed by atoms with E-state index in [2.05, 4.69) is 41.5 Å². The molecule has 16 heavy (non-hydrogen) atoms. The van der Waals surface area contributed by atoms with Crippen molar-refractivity contribution >= 4 is 11.6 Å². The molecule has 2 rings (SSSR count). The fraction of sp³-hybridized carbons (Fsp3) is 0.333. The topological polar surface area (TPSA) is 30.7 Å². The third-order valence-electron chi connectivity index (χ3n) is 2.36. The Morgan fingerprint density at radius 1 is 1.38 bits per heavy atom. The highest BCUT2D eigenvalue weighted by molar-refractivity contribution is 6.17. The minimum Gasteiger partial charge on any atom is -0.248 e. The van der Waals surface area contributed by atoms with Crippen molar-refractivity contribution < 1.29 is 0 Å². The Morgan fingerprint density at radius 3 is 3.00 bits per heavy atom. The largest absolute Gasteiger partial charge is 0.248 e. The molecule has 3 nitrogen and oxygen atoms in total. The number of benzene rings is 1. The van der Waals surface area contributed by atoms with Crippen LogP contribution >= 0.6 is 11.6 Å². The molecule has 0 unspecified atom stereocenters. The molecule has 0 spiro atoms. The van der Waals surface area contributed by atoms with E-state index in [0.717, 1.165) is 18.7 Å². The first kappa shape index (κ1) is 11.1. The van der Waals surface area contributed by atoms with Crippen LogP contribution in [-0.4, -0.2) is 20.9 Å². The molecule has 0 radical (unpaired) electrons. The van der Waals surface area contributed by atoms with Crippen LogP contribution in [0.1, 0.15) is 16.8 Å². The molecule has 0 fully saturated rings. The van der Waals surface area contributed by atoms with Crippen molar-refractivity contribution in [2.75, 3.05) is 5.88 Å². The van der Waals surface area contributed by atoms with Crippen molar-refractivity contribution in [3.05, 3.63) is 47.3 Å². The summed E-state index contributed by atoms with van der Waals surface area (Å²) < 4.78 is 1.84. The predicted octanol–water partition coefficient (Wildman–Crippen LogP) is 2.42. The Hall–Kier alpha value is -1.35. The minimum absolute atomic E-state index is 0.586.